The Morgan fingerprint density at radius 1 is 1.29 bits per heavy atom. The minimum absolute atomic E-state index is 0.581. The Balaban J connectivity index is 2.33. The van der Waals surface area contributed by atoms with E-state index in [1.165, 1.54) is 6.33 Å². The number of hydrogen-bond donors (Lipinski definition) is 0. The van der Waals surface area contributed by atoms with Crippen LogP contribution >= 0.6 is 22.6 Å². The number of benzene rings is 1. The molecule has 0 unspecified atom stereocenters. The van der Waals surface area contributed by atoms with Crippen molar-refractivity contribution in [2.45, 2.75) is 6.92 Å². The van der Waals surface area contributed by atoms with Gasteiger partial charge in [0.15, 0.2) is 0 Å². The Bertz CT molecular complexity index is 540. The van der Waals surface area contributed by atoms with Crippen molar-refractivity contribution in [3.05, 3.63) is 52.0 Å². The summed E-state index contributed by atoms with van der Waals surface area (Å²) in [6, 6.07) is 7.85. The van der Waals surface area contributed by atoms with Gasteiger partial charge in [0, 0.05) is 11.8 Å². The molecule has 1 aromatic carbocycles. The van der Waals surface area contributed by atoms with Crippen LogP contribution in [0.2, 0.25) is 0 Å². The third-order valence-electron chi connectivity index (χ3n) is 2.11. The Morgan fingerprint density at radius 2 is 2.12 bits per heavy atom. The van der Waals surface area contributed by atoms with Gasteiger partial charge in [0.2, 0.25) is 5.88 Å². The lowest BCUT2D eigenvalue weighted by atomic mass is 10.2. The molecule has 0 bridgehead atoms. The fraction of sp³-hybridized carbons (Fsp3) is 0.0769. The first kappa shape index (κ1) is 12.0. The third kappa shape index (κ3) is 3.03. The molecular weight excluding hydrogens is 327 g/mol. The maximum absolute atomic E-state index is 5.78. The molecule has 0 aliphatic carbocycles. The van der Waals surface area contributed by atoms with Gasteiger partial charge in [0.1, 0.15) is 12.1 Å². The SMILES string of the molecule is CC=Cc1ccccc1Oc1ncncc1I. The molecule has 2 rings (SSSR count). The quantitative estimate of drug-likeness (QED) is 0.796. The number of hydrogen-bond acceptors (Lipinski definition) is 3. The molecular formula is C13H11IN2O. The van der Waals surface area contributed by atoms with Gasteiger partial charge in [-0.2, -0.15) is 0 Å². The van der Waals surface area contributed by atoms with E-state index in [0.717, 1.165) is 14.9 Å². The van der Waals surface area contributed by atoms with Gasteiger partial charge in [0.25, 0.3) is 0 Å². The summed E-state index contributed by atoms with van der Waals surface area (Å²) >= 11 is 2.15. The molecule has 0 aliphatic rings. The molecule has 0 atom stereocenters. The highest BCUT2D eigenvalue weighted by molar-refractivity contribution is 14.1. The molecule has 4 heteroatoms. The second-order valence-corrected chi connectivity index (χ2v) is 4.48. The van der Waals surface area contributed by atoms with E-state index in [9.17, 15) is 0 Å². The Kier molecular flexibility index (Phi) is 4.08. The Labute approximate surface area is 114 Å². The summed E-state index contributed by atoms with van der Waals surface area (Å²) in [7, 11) is 0. The zero-order chi connectivity index (χ0) is 12.1. The van der Waals surface area contributed by atoms with E-state index < -0.39 is 0 Å². The molecule has 0 N–H and O–H groups in total. The van der Waals surface area contributed by atoms with Gasteiger partial charge in [-0.25, -0.2) is 9.97 Å². The van der Waals surface area contributed by atoms with Crippen LogP contribution in [0.5, 0.6) is 11.6 Å². The average molecular weight is 338 g/mol. The van der Waals surface area contributed by atoms with E-state index in [-0.39, 0.29) is 0 Å². The third-order valence-corrected chi connectivity index (χ3v) is 2.85. The van der Waals surface area contributed by atoms with Gasteiger partial charge in [-0.15, -0.1) is 0 Å². The van der Waals surface area contributed by atoms with Crippen molar-refractivity contribution < 1.29 is 4.74 Å². The summed E-state index contributed by atoms with van der Waals surface area (Å²) in [6.07, 6.45) is 7.19. The number of allylic oxidation sites excluding steroid dienone is 1. The van der Waals surface area contributed by atoms with Crippen LogP contribution in [0.25, 0.3) is 6.08 Å². The maximum Gasteiger partial charge on any atom is 0.235 e. The van der Waals surface area contributed by atoms with Crippen molar-refractivity contribution in [2.24, 2.45) is 0 Å². The van der Waals surface area contributed by atoms with Crippen LogP contribution in [-0.4, -0.2) is 9.97 Å². The smallest absolute Gasteiger partial charge is 0.235 e. The van der Waals surface area contributed by atoms with Gasteiger partial charge in [-0.05, 0) is 35.6 Å². The van der Waals surface area contributed by atoms with Crippen LogP contribution in [-0.2, 0) is 0 Å². The van der Waals surface area contributed by atoms with Crippen molar-refractivity contribution in [1.29, 1.82) is 0 Å². The summed E-state index contributed by atoms with van der Waals surface area (Å²) in [5.41, 5.74) is 1.03. The highest BCUT2D eigenvalue weighted by Gasteiger charge is 2.06. The molecule has 0 amide bonds. The summed E-state index contributed by atoms with van der Waals surface area (Å²) < 4.78 is 6.67. The molecule has 0 aliphatic heterocycles. The molecule has 3 nitrogen and oxygen atoms in total. The zero-order valence-corrected chi connectivity index (χ0v) is 11.5. The molecule has 2 aromatic rings. The molecule has 1 heterocycles. The number of halogens is 1. The topological polar surface area (TPSA) is 35.0 Å². The van der Waals surface area contributed by atoms with E-state index in [0.29, 0.717) is 5.88 Å². The first-order chi connectivity index (χ1) is 8.31. The predicted octanol–water partition coefficient (Wildman–Crippen LogP) is 3.91. The normalized spacial score (nSPS) is 10.7. The van der Waals surface area contributed by atoms with Gasteiger partial charge in [-0.3, -0.25) is 0 Å². The number of aromatic nitrogens is 2. The fourth-order valence-corrected chi connectivity index (χ4v) is 1.78. The van der Waals surface area contributed by atoms with Crippen molar-refractivity contribution in [3.63, 3.8) is 0 Å². The van der Waals surface area contributed by atoms with Crippen molar-refractivity contribution >= 4 is 28.7 Å². The molecule has 0 saturated heterocycles. The van der Waals surface area contributed by atoms with Gasteiger partial charge >= 0.3 is 0 Å². The number of nitrogens with zero attached hydrogens (tertiary/aromatic N) is 2. The van der Waals surface area contributed by atoms with Crippen molar-refractivity contribution in [3.8, 4) is 11.6 Å². The minimum atomic E-state index is 0.581. The lowest BCUT2D eigenvalue weighted by molar-refractivity contribution is 0.456. The van der Waals surface area contributed by atoms with Gasteiger partial charge in [-0.1, -0.05) is 30.4 Å². The van der Waals surface area contributed by atoms with Crippen LogP contribution in [0.1, 0.15) is 12.5 Å². The predicted molar refractivity (Wildman–Crippen MR) is 76.0 cm³/mol. The summed E-state index contributed by atoms with van der Waals surface area (Å²) in [6.45, 7) is 1.98. The van der Waals surface area contributed by atoms with E-state index >= 15 is 0 Å². The first-order valence-electron chi connectivity index (χ1n) is 5.16. The van der Waals surface area contributed by atoms with Crippen LogP contribution in [0, 0.1) is 3.57 Å². The van der Waals surface area contributed by atoms with Gasteiger partial charge < -0.3 is 4.74 Å². The van der Waals surface area contributed by atoms with E-state index in [1.807, 2.05) is 43.3 Å². The molecule has 1 aromatic heterocycles. The molecule has 86 valence electrons. The molecule has 17 heavy (non-hydrogen) atoms. The lowest BCUT2D eigenvalue weighted by Gasteiger charge is -2.08. The molecule has 0 saturated carbocycles. The minimum Gasteiger partial charge on any atom is -0.437 e. The monoisotopic (exact) mass is 338 g/mol. The Morgan fingerprint density at radius 3 is 2.88 bits per heavy atom. The Hall–Kier alpha value is -1.43. The second-order valence-electron chi connectivity index (χ2n) is 3.32. The lowest BCUT2D eigenvalue weighted by Crippen LogP contribution is -1.93. The molecule has 0 fully saturated rings. The van der Waals surface area contributed by atoms with Crippen LogP contribution in [0.4, 0.5) is 0 Å². The standard InChI is InChI=1S/C13H11IN2O/c1-2-5-10-6-3-4-7-12(10)17-13-11(14)8-15-9-16-13/h2-9H,1H3. The van der Waals surface area contributed by atoms with Crippen molar-refractivity contribution in [2.75, 3.05) is 0 Å². The molecule has 0 radical (unpaired) electrons. The van der Waals surface area contributed by atoms with Crippen LogP contribution in [0.3, 0.4) is 0 Å². The second kappa shape index (κ2) is 5.77. The highest BCUT2D eigenvalue weighted by atomic mass is 127. The number of para-hydroxylation sites is 1. The summed E-state index contributed by atoms with van der Waals surface area (Å²) in [5.74, 6) is 1.37. The van der Waals surface area contributed by atoms with E-state index in [4.69, 9.17) is 4.74 Å². The summed E-state index contributed by atoms with van der Waals surface area (Å²) in [4.78, 5) is 8.04. The van der Waals surface area contributed by atoms with Gasteiger partial charge in [0.05, 0.1) is 3.57 Å². The average Bonchev–Trinajstić information content (AvgIpc) is 2.35. The number of ether oxygens (including phenoxy) is 1. The maximum atomic E-state index is 5.78. The largest absolute Gasteiger partial charge is 0.437 e. The number of rotatable bonds is 3. The van der Waals surface area contributed by atoms with E-state index in [2.05, 4.69) is 32.6 Å². The summed E-state index contributed by atoms with van der Waals surface area (Å²) in [5, 5.41) is 0. The van der Waals surface area contributed by atoms with Crippen LogP contribution < -0.4 is 4.74 Å². The molecule has 0 spiro atoms. The zero-order valence-electron chi connectivity index (χ0n) is 9.30. The fourth-order valence-electron chi connectivity index (χ4n) is 1.37. The first-order valence-corrected chi connectivity index (χ1v) is 6.24. The van der Waals surface area contributed by atoms with E-state index in [1.54, 1.807) is 6.20 Å². The highest BCUT2D eigenvalue weighted by Crippen LogP contribution is 2.27. The van der Waals surface area contributed by atoms with Crippen LogP contribution in [0.15, 0.2) is 42.9 Å². The van der Waals surface area contributed by atoms with Crippen molar-refractivity contribution in [1.82, 2.24) is 9.97 Å².